The van der Waals surface area contributed by atoms with Gasteiger partial charge >= 0.3 is 6.18 Å². The van der Waals surface area contributed by atoms with E-state index in [0.29, 0.717) is 44.8 Å². The molecule has 2 aliphatic heterocycles. The molecule has 1 spiro atoms. The van der Waals surface area contributed by atoms with Crippen LogP contribution in [0.4, 0.5) is 23.2 Å². The van der Waals surface area contributed by atoms with Crippen LogP contribution in [0.5, 0.6) is 5.75 Å². The smallest absolute Gasteiger partial charge is 0.422 e. The summed E-state index contributed by atoms with van der Waals surface area (Å²) in [6.07, 6.45) is -3.20. The van der Waals surface area contributed by atoms with Gasteiger partial charge in [-0.1, -0.05) is 0 Å². The van der Waals surface area contributed by atoms with E-state index in [0.717, 1.165) is 6.07 Å². The third kappa shape index (κ3) is 3.87. The van der Waals surface area contributed by atoms with E-state index in [2.05, 4.69) is 4.74 Å². The molecule has 0 aliphatic carbocycles. The van der Waals surface area contributed by atoms with Gasteiger partial charge in [0, 0.05) is 32.0 Å². The second kappa shape index (κ2) is 6.16. The Kier molecular flexibility index (Phi) is 4.37. The van der Waals surface area contributed by atoms with Gasteiger partial charge in [-0.2, -0.15) is 13.2 Å². The fourth-order valence-electron chi connectivity index (χ4n) is 2.87. The second-order valence-electron chi connectivity index (χ2n) is 5.61. The number of halogens is 4. The molecule has 8 heteroatoms. The van der Waals surface area contributed by atoms with Gasteiger partial charge in [0.2, 0.25) is 0 Å². The van der Waals surface area contributed by atoms with Crippen LogP contribution in [0.15, 0.2) is 18.2 Å². The van der Waals surface area contributed by atoms with Crippen molar-refractivity contribution in [1.29, 1.82) is 0 Å². The second-order valence-corrected chi connectivity index (χ2v) is 5.61. The van der Waals surface area contributed by atoms with Crippen LogP contribution < -0.4 is 9.64 Å². The minimum atomic E-state index is -4.45. The summed E-state index contributed by atoms with van der Waals surface area (Å²) in [6.45, 7) is 0.811. The van der Waals surface area contributed by atoms with E-state index >= 15 is 0 Å². The van der Waals surface area contributed by atoms with Crippen molar-refractivity contribution in [2.45, 2.75) is 24.8 Å². The molecule has 0 unspecified atom stereocenters. The number of benzene rings is 1. The van der Waals surface area contributed by atoms with Crippen LogP contribution in [0.3, 0.4) is 0 Å². The molecule has 23 heavy (non-hydrogen) atoms. The van der Waals surface area contributed by atoms with Gasteiger partial charge in [-0.3, -0.25) is 0 Å². The van der Waals surface area contributed by atoms with Gasteiger partial charge in [-0.25, -0.2) is 4.39 Å². The summed E-state index contributed by atoms with van der Waals surface area (Å²) in [4.78, 5) is 1.83. The first-order valence-corrected chi connectivity index (χ1v) is 7.39. The van der Waals surface area contributed by atoms with E-state index in [4.69, 9.17) is 9.47 Å². The highest BCUT2D eigenvalue weighted by molar-refractivity contribution is 5.51. The van der Waals surface area contributed by atoms with Gasteiger partial charge in [0.1, 0.15) is 11.6 Å². The van der Waals surface area contributed by atoms with E-state index in [1.807, 2.05) is 4.90 Å². The van der Waals surface area contributed by atoms with Crippen LogP contribution in [0.1, 0.15) is 12.8 Å². The van der Waals surface area contributed by atoms with Crippen LogP contribution in [0.25, 0.3) is 0 Å². The Bertz CT molecular complexity index is 548. The van der Waals surface area contributed by atoms with E-state index in [-0.39, 0.29) is 5.75 Å². The van der Waals surface area contributed by atoms with Crippen molar-refractivity contribution in [2.75, 3.05) is 37.8 Å². The van der Waals surface area contributed by atoms with Gasteiger partial charge in [0.15, 0.2) is 12.4 Å². The molecule has 2 aliphatic rings. The number of rotatable bonds is 3. The summed E-state index contributed by atoms with van der Waals surface area (Å²) in [5, 5.41) is 0. The van der Waals surface area contributed by atoms with Crippen LogP contribution in [0, 0.1) is 5.82 Å². The number of ether oxygens (including phenoxy) is 3. The highest BCUT2D eigenvalue weighted by Gasteiger charge is 2.40. The topological polar surface area (TPSA) is 30.9 Å². The van der Waals surface area contributed by atoms with Crippen LogP contribution in [-0.4, -0.2) is 44.9 Å². The van der Waals surface area contributed by atoms with Gasteiger partial charge in [0.05, 0.1) is 18.9 Å². The molecule has 0 N–H and O–H groups in total. The molecule has 0 radical (unpaired) electrons. The summed E-state index contributed by atoms with van der Waals surface area (Å²) in [6, 6.07) is 3.76. The Labute approximate surface area is 130 Å². The Morgan fingerprint density at radius 2 is 1.78 bits per heavy atom. The van der Waals surface area contributed by atoms with Crippen molar-refractivity contribution in [3.63, 3.8) is 0 Å². The van der Waals surface area contributed by atoms with E-state index < -0.39 is 24.4 Å². The predicted molar refractivity (Wildman–Crippen MR) is 74.0 cm³/mol. The van der Waals surface area contributed by atoms with Gasteiger partial charge < -0.3 is 19.1 Å². The summed E-state index contributed by atoms with van der Waals surface area (Å²) in [7, 11) is 0. The molecule has 0 bridgehead atoms. The Hall–Kier alpha value is -1.54. The molecule has 1 aromatic rings. The van der Waals surface area contributed by atoms with Crippen molar-refractivity contribution < 1.29 is 31.8 Å². The van der Waals surface area contributed by atoms with Gasteiger partial charge in [-0.15, -0.1) is 0 Å². The molecule has 2 heterocycles. The molecule has 3 rings (SSSR count). The lowest BCUT2D eigenvalue weighted by Crippen LogP contribution is -2.45. The summed E-state index contributed by atoms with van der Waals surface area (Å²) in [5.74, 6) is -1.30. The highest BCUT2D eigenvalue weighted by atomic mass is 19.4. The Morgan fingerprint density at radius 1 is 1.13 bits per heavy atom. The van der Waals surface area contributed by atoms with Crippen molar-refractivity contribution in [3.05, 3.63) is 24.0 Å². The largest absolute Gasteiger partial charge is 0.484 e. The number of hydrogen-bond donors (Lipinski definition) is 0. The lowest BCUT2D eigenvalue weighted by atomic mass is 10.0. The summed E-state index contributed by atoms with van der Waals surface area (Å²) < 4.78 is 66.2. The average molecular weight is 335 g/mol. The van der Waals surface area contributed by atoms with Crippen molar-refractivity contribution in [1.82, 2.24) is 0 Å². The van der Waals surface area contributed by atoms with Crippen molar-refractivity contribution in [3.8, 4) is 5.75 Å². The minimum Gasteiger partial charge on any atom is -0.484 e. The summed E-state index contributed by atoms with van der Waals surface area (Å²) in [5.41, 5.74) is 0.345. The molecule has 0 amide bonds. The number of hydrogen-bond acceptors (Lipinski definition) is 4. The Morgan fingerprint density at radius 3 is 2.35 bits per heavy atom. The maximum Gasteiger partial charge on any atom is 0.422 e. The zero-order valence-corrected chi connectivity index (χ0v) is 12.4. The molecular weight excluding hydrogens is 318 g/mol. The first kappa shape index (κ1) is 16.3. The van der Waals surface area contributed by atoms with Gasteiger partial charge in [-0.05, 0) is 12.1 Å². The fraction of sp³-hybridized carbons (Fsp3) is 0.600. The van der Waals surface area contributed by atoms with Crippen LogP contribution in [0.2, 0.25) is 0 Å². The lowest BCUT2D eigenvalue weighted by molar-refractivity contribution is -0.169. The quantitative estimate of drug-likeness (QED) is 0.794. The zero-order chi connectivity index (χ0) is 16.5. The van der Waals surface area contributed by atoms with E-state index in [1.54, 1.807) is 0 Å². The third-order valence-corrected chi connectivity index (χ3v) is 4.00. The first-order valence-electron chi connectivity index (χ1n) is 7.39. The van der Waals surface area contributed by atoms with Crippen LogP contribution >= 0.6 is 0 Å². The lowest BCUT2D eigenvalue weighted by Gasteiger charge is -2.38. The molecule has 0 atom stereocenters. The standard InChI is InChI=1S/C15H17F4NO3/c16-12-9-11(21-10-15(17,18)19)1-2-13(12)20-5-3-14(4-6-20)22-7-8-23-14/h1-2,9H,3-8,10H2. The number of alkyl halides is 3. The number of nitrogens with zero attached hydrogens (tertiary/aromatic N) is 1. The molecular formula is C15H17F4NO3. The molecule has 0 aromatic heterocycles. The Balaban J connectivity index is 1.62. The normalized spacial score (nSPS) is 21.0. The molecule has 4 nitrogen and oxygen atoms in total. The third-order valence-electron chi connectivity index (χ3n) is 4.00. The SMILES string of the molecule is Fc1cc(OCC(F)(F)F)ccc1N1CCC2(CC1)OCCO2. The molecule has 128 valence electrons. The van der Waals surface area contributed by atoms with Gasteiger partial charge in [0.25, 0.3) is 0 Å². The monoisotopic (exact) mass is 335 g/mol. The predicted octanol–water partition coefficient (Wildman–Crippen LogP) is 3.11. The van der Waals surface area contributed by atoms with E-state index in [1.165, 1.54) is 12.1 Å². The number of anilines is 1. The minimum absolute atomic E-state index is 0.139. The number of piperidine rings is 1. The average Bonchev–Trinajstić information content (AvgIpc) is 2.94. The molecule has 0 saturated carbocycles. The maximum absolute atomic E-state index is 14.2. The zero-order valence-electron chi connectivity index (χ0n) is 12.4. The van der Waals surface area contributed by atoms with Crippen molar-refractivity contribution >= 4 is 5.69 Å². The maximum atomic E-state index is 14.2. The molecule has 2 saturated heterocycles. The highest BCUT2D eigenvalue weighted by Crippen LogP contribution is 2.34. The van der Waals surface area contributed by atoms with Crippen LogP contribution in [-0.2, 0) is 9.47 Å². The first-order chi connectivity index (χ1) is 10.9. The summed E-state index contributed by atoms with van der Waals surface area (Å²) >= 11 is 0. The molecule has 2 fully saturated rings. The molecule has 1 aromatic carbocycles. The fourth-order valence-corrected chi connectivity index (χ4v) is 2.87. The van der Waals surface area contributed by atoms with Crippen molar-refractivity contribution in [2.24, 2.45) is 0 Å². The van der Waals surface area contributed by atoms with E-state index in [9.17, 15) is 17.6 Å².